The lowest BCUT2D eigenvalue weighted by atomic mass is 10.2. The van der Waals surface area contributed by atoms with E-state index in [4.69, 9.17) is 11.3 Å². The van der Waals surface area contributed by atoms with Crippen LogP contribution in [0.25, 0.3) is 16.5 Å². The first-order valence-corrected chi connectivity index (χ1v) is 4.76. The second-order valence-corrected chi connectivity index (χ2v) is 3.45. The maximum Gasteiger partial charge on any atom is 0.0458 e. The summed E-state index contributed by atoms with van der Waals surface area (Å²) in [6.45, 7) is 0.360. The molecule has 0 saturated heterocycles. The molecule has 2 N–H and O–H groups in total. The van der Waals surface area contributed by atoms with Crippen LogP contribution in [0.15, 0.2) is 33.9 Å². The third-order valence-corrected chi connectivity index (χ3v) is 2.27. The fourth-order valence-electron chi connectivity index (χ4n) is 0.919. The van der Waals surface area contributed by atoms with Gasteiger partial charge in [-0.1, -0.05) is 23.3 Å². The van der Waals surface area contributed by atoms with Crippen LogP contribution in [-0.4, -0.2) is 6.54 Å². The Labute approximate surface area is 90.2 Å². The normalized spacial score (nSPS) is 10.1. The number of hydrogen-bond acceptors (Lipinski definition) is 2. The number of azide groups is 1. The van der Waals surface area contributed by atoms with Crippen molar-refractivity contribution in [1.82, 2.24) is 0 Å². The molecule has 0 radical (unpaired) electrons. The molecule has 1 aromatic rings. The van der Waals surface area contributed by atoms with Gasteiger partial charge in [0.15, 0.2) is 0 Å². The van der Waals surface area contributed by atoms with Crippen LogP contribution in [0.4, 0.5) is 5.69 Å². The molecule has 0 aliphatic carbocycles. The molecule has 0 bridgehead atoms. The van der Waals surface area contributed by atoms with Crippen LogP contribution < -0.4 is 5.73 Å². The highest BCUT2D eigenvalue weighted by Gasteiger charge is 1.94. The van der Waals surface area contributed by atoms with E-state index in [-0.39, 0.29) is 0 Å². The Bertz CT molecular complexity index is 394. The Hall–Kier alpha value is -1.45. The van der Waals surface area contributed by atoms with E-state index in [9.17, 15) is 0 Å². The van der Waals surface area contributed by atoms with Crippen LogP contribution in [0.5, 0.6) is 0 Å². The van der Waals surface area contributed by atoms with Gasteiger partial charge >= 0.3 is 0 Å². The molecule has 4 nitrogen and oxygen atoms in total. The molecule has 0 aliphatic heterocycles. The molecule has 1 aromatic carbocycles. The van der Waals surface area contributed by atoms with E-state index >= 15 is 0 Å². The monoisotopic (exact) mass is 252 g/mol. The molecule has 14 heavy (non-hydrogen) atoms. The van der Waals surface area contributed by atoms with E-state index in [0.717, 1.165) is 10.0 Å². The number of rotatable bonds is 3. The Morgan fingerprint density at radius 2 is 2.36 bits per heavy atom. The highest BCUT2D eigenvalue weighted by Crippen LogP contribution is 2.20. The Morgan fingerprint density at radius 1 is 1.57 bits per heavy atom. The van der Waals surface area contributed by atoms with Crippen LogP contribution in [0.1, 0.15) is 5.56 Å². The molecule has 0 atom stereocenters. The lowest BCUT2D eigenvalue weighted by Gasteiger charge is -1.98. The molecular formula is C9H9BrN4. The topological polar surface area (TPSA) is 74.8 Å². The number of nitrogens with two attached hydrogens (primary N) is 1. The minimum Gasteiger partial charge on any atom is -0.398 e. The third-order valence-electron chi connectivity index (χ3n) is 1.59. The smallest absolute Gasteiger partial charge is 0.0458 e. The van der Waals surface area contributed by atoms with Crippen molar-refractivity contribution in [2.45, 2.75) is 0 Å². The molecule has 0 spiro atoms. The van der Waals surface area contributed by atoms with Gasteiger partial charge in [0.2, 0.25) is 0 Å². The van der Waals surface area contributed by atoms with Crippen molar-refractivity contribution in [2.24, 2.45) is 5.11 Å². The summed E-state index contributed by atoms with van der Waals surface area (Å²) in [5.74, 6) is 0. The van der Waals surface area contributed by atoms with Crippen LogP contribution in [0.3, 0.4) is 0 Å². The van der Waals surface area contributed by atoms with Crippen molar-refractivity contribution in [2.75, 3.05) is 12.3 Å². The first-order chi connectivity index (χ1) is 6.74. The summed E-state index contributed by atoms with van der Waals surface area (Å²) in [5, 5.41) is 3.38. The molecule has 0 aliphatic rings. The van der Waals surface area contributed by atoms with Crippen LogP contribution in [0, 0.1) is 0 Å². The van der Waals surface area contributed by atoms with E-state index in [2.05, 4.69) is 26.0 Å². The van der Waals surface area contributed by atoms with E-state index in [0.29, 0.717) is 12.2 Å². The minimum atomic E-state index is 0.360. The third kappa shape index (κ3) is 3.12. The molecule has 0 saturated carbocycles. The van der Waals surface area contributed by atoms with Crippen molar-refractivity contribution >= 4 is 27.7 Å². The van der Waals surface area contributed by atoms with Gasteiger partial charge in [-0.2, -0.15) is 0 Å². The lowest BCUT2D eigenvalue weighted by molar-refractivity contribution is 1.22. The molecule has 5 heteroatoms. The van der Waals surface area contributed by atoms with Gasteiger partial charge in [0.25, 0.3) is 0 Å². The molecular weight excluding hydrogens is 244 g/mol. The average Bonchev–Trinajstić information content (AvgIpc) is 2.18. The number of hydrogen-bond donors (Lipinski definition) is 1. The Kier molecular flexibility index (Phi) is 4.04. The Balaban J connectivity index is 2.72. The molecule has 0 heterocycles. The summed E-state index contributed by atoms with van der Waals surface area (Å²) in [6.07, 6.45) is 3.66. The maximum absolute atomic E-state index is 8.04. The highest BCUT2D eigenvalue weighted by molar-refractivity contribution is 9.10. The summed E-state index contributed by atoms with van der Waals surface area (Å²) < 4.78 is 0.864. The summed E-state index contributed by atoms with van der Waals surface area (Å²) in [4.78, 5) is 2.64. The summed E-state index contributed by atoms with van der Waals surface area (Å²) >= 11 is 3.33. The second kappa shape index (κ2) is 5.32. The van der Waals surface area contributed by atoms with E-state index in [1.807, 2.05) is 24.3 Å². The molecule has 0 unspecified atom stereocenters. The molecule has 0 fully saturated rings. The van der Waals surface area contributed by atoms with E-state index in [1.54, 1.807) is 6.08 Å². The largest absolute Gasteiger partial charge is 0.398 e. The average molecular weight is 253 g/mol. The van der Waals surface area contributed by atoms with Gasteiger partial charge in [-0.05, 0) is 39.2 Å². The van der Waals surface area contributed by atoms with Crippen molar-refractivity contribution in [1.29, 1.82) is 0 Å². The number of nitrogens with zero attached hydrogens (tertiary/aromatic N) is 3. The predicted octanol–water partition coefficient (Wildman–Crippen LogP) is 3.35. The zero-order valence-electron chi connectivity index (χ0n) is 7.39. The van der Waals surface area contributed by atoms with Crippen LogP contribution >= 0.6 is 15.9 Å². The van der Waals surface area contributed by atoms with E-state index < -0.39 is 0 Å². The first-order valence-electron chi connectivity index (χ1n) is 3.96. The fraction of sp³-hybridized carbons (Fsp3) is 0.111. The summed E-state index contributed by atoms with van der Waals surface area (Å²) in [5.41, 5.74) is 15.4. The summed E-state index contributed by atoms with van der Waals surface area (Å²) in [7, 11) is 0. The first kappa shape index (κ1) is 10.6. The number of nitrogen functional groups attached to an aromatic ring is 1. The quantitative estimate of drug-likeness (QED) is 0.381. The molecule has 1 rings (SSSR count). The van der Waals surface area contributed by atoms with Crippen molar-refractivity contribution in [3.8, 4) is 0 Å². The zero-order valence-corrected chi connectivity index (χ0v) is 8.98. The van der Waals surface area contributed by atoms with E-state index in [1.165, 1.54) is 0 Å². The van der Waals surface area contributed by atoms with Gasteiger partial charge in [-0.3, -0.25) is 0 Å². The molecule has 72 valence electrons. The van der Waals surface area contributed by atoms with Crippen LogP contribution in [0.2, 0.25) is 0 Å². The van der Waals surface area contributed by atoms with Gasteiger partial charge in [-0.25, -0.2) is 0 Å². The van der Waals surface area contributed by atoms with Crippen molar-refractivity contribution in [3.05, 3.63) is 44.8 Å². The maximum atomic E-state index is 8.04. The SMILES string of the molecule is [N-]=[N+]=NCC=Cc1ccc(N)c(Br)c1. The van der Waals surface area contributed by atoms with Gasteiger partial charge < -0.3 is 5.73 Å². The van der Waals surface area contributed by atoms with Gasteiger partial charge in [-0.15, -0.1) is 0 Å². The number of halogens is 1. The second-order valence-electron chi connectivity index (χ2n) is 2.60. The van der Waals surface area contributed by atoms with Crippen molar-refractivity contribution in [3.63, 3.8) is 0 Å². The van der Waals surface area contributed by atoms with Gasteiger partial charge in [0, 0.05) is 21.6 Å². The van der Waals surface area contributed by atoms with Crippen molar-refractivity contribution < 1.29 is 0 Å². The molecule has 0 aromatic heterocycles. The number of benzene rings is 1. The highest BCUT2D eigenvalue weighted by atomic mass is 79.9. The Morgan fingerprint density at radius 3 is 3.00 bits per heavy atom. The minimum absolute atomic E-state index is 0.360. The fourth-order valence-corrected chi connectivity index (χ4v) is 1.32. The van der Waals surface area contributed by atoms with Crippen LogP contribution in [-0.2, 0) is 0 Å². The number of anilines is 1. The lowest BCUT2D eigenvalue weighted by Crippen LogP contribution is -1.86. The molecule has 0 amide bonds. The summed E-state index contributed by atoms with van der Waals surface area (Å²) in [6, 6.07) is 5.62. The van der Waals surface area contributed by atoms with Gasteiger partial charge in [0.1, 0.15) is 0 Å². The standard InChI is InChI=1S/C9H9BrN4/c10-8-6-7(3-4-9(8)11)2-1-5-13-14-12/h1-4,6H,5,11H2. The zero-order chi connectivity index (χ0) is 10.4. The van der Waals surface area contributed by atoms with Gasteiger partial charge in [0.05, 0.1) is 0 Å². The predicted molar refractivity (Wildman–Crippen MR) is 61.6 cm³/mol.